The summed E-state index contributed by atoms with van der Waals surface area (Å²) in [5.74, 6) is 1.65. The van der Waals surface area contributed by atoms with Crippen molar-refractivity contribution in [2.24, 2.45) is 4.99 Å². The first-order valence-electron chi connectivity index (χ1n) is 9.79. The molecule has 0 aliphatic rings. The molecule has 7 heteroatoms. The predicted molar refractivity (Wildman–Crippen MR) is 133 cm³/mol. The number of aliphatic imine (C=N–C) groups is 1. The summed E-state index contributed by atoms with van der Waals surface area (Å²) in [6.45, 7) is 5.55. The van der Waals surface area contributed by atoms with Gasteiger partial charge in [0.05, 0.1) is 18.5 Å². The lowest BCUT2D eigenvalue weighted by molar-refractivity contribution is 0.414. The van der Waals surface area contributed by atoms with E-state index in [1.54, 1.807) is 14.2 Å². The minimum absolute atomic E-state index is 0. The number of aromatic nitrogens is 2. The van der Waals surface area contributed by atoms with Gasteiger partial charge in [0.1, 0.15) is 5.75 Å². The van der Waals surface area contributed by atoms with Crippen LogP contribution in [0.5, 0.6) is 5.75 Å². The van der Waals surface area contributed by atoms with Crippen LogP contribution in [0.3, 0.4) is 0 Å². The Labute approximate surface area is 195 Å². The Balaban J connectivity index is 0.00000320. The molecule has 0 saturated carbocycles. The molecule has 1 aromatic heterocycles. The van der Waals surface area contributed by atoms with E-state index in [-0.39, 0.29) is 24.0 Å². The lowest BCUT2D eigenvalue weighted by Crippen LogP contribution is -2.38. The van der Waals surface area contributed by atoms with E-state index in [0.29, 0.717) is 6.54 Å². The lowest BCUT2D eigenvalue weighted by atomic mass is 10.1. The van der Waals surface area contributed by atoms with E-state index >= 15 is 0 Å². The van der Waals surface area contributed by atoms with Gasteiger partial charge in [-0.15, -0.1) is 24.0 Å². The van der Waals surface area contributed by atoms with Gasteiger partial charge in [0.2, 0.25) is 0 Å². The molecule has 30 heavy (non-hydrogen) atoms. The Hall–Kier alpha value is -2.55. The van der Waals surface area contributed by atoms with Crippen LogP contribution in [0.15, 0.2) is 59.6 Å². The molecule has 0 fully saturated rings. The first-order chi connectivity index (χ1) is 14.1. The molecule has 0 radical (unpaired) electrons. The molecular formula is C23H30IN5O. The third-order valence-corrected chi connectivity index (χ3v) is 4.76. The second-order valence-corrected chi connectivity index (χ2v) is 6.92. The van der Waals surface area contributed by atoms with Gasteiger partial charge in [0.15, 0.2) is 5.96 Å². The van der Waals surface area contributed by atoms with E-state index < -0.39 is 0 Å². The quantitative estimate of drug-likeness (QED) is 0.281. The van der Waals surface area contributed by atoms with Crippen LogP contribution in [0, 0.1) is 13.8 Å². The molecule has 0 amide bonds. The highest BCUT2D eigenvalue weighted by Gasteiger charge is 2.09. The van der Waals surface area contributed by atoms with Gasteiger partial charge in [-0.1, -0.05) is 30.3 Å². The maximum Gasteiger partial charge on any atom is 0.191 e. The van der Waals surface area contributed by atoms with E-state index in [2.05, 4.69) is 58.0 Å². The fourth-order valence-electron chi connectivity index (χ4n) is 3.26. The molecule has 2 aromatic carbocycles. The van der Waals surface area contributed by atoms with Crippen molar-refractivity contribution in [3.63, 3.8) is 0 Å². The maximum atomic E-state index is 5.20. The van der Waals surface area contributed by atoms with Crippen molar-refractivity contribution in [3.05, 3.63) is 77.1 Å². The maximum absolute atomic E-state index is 5.20. The molecule has 0 saturated heterocycles. The number of benzene rings is 2. The fraction of sp³-hybridized carbons (Fsp3) is 0.304. The normalized spacial score (nSPS) is 11.0. The van der Waals surface area contributed by atoms with Crippen LogP contribution in [-0.2, 0) is 13.0 Å². The van der Waals surface area contributed by atoms with Crippen molar-refractivity contribution >= 4 is 29.9 Å². The van der Waals surface area contributed by atoms with Crippen LogP contribution in [0.1, 0.15) is 22.5 Å². The van der Waals surface area contributed by atoms with Crippen molar-refractivity contribution in [2.75, 3.05) is 20.7 Å². The standard InChI is InChI=1S/C23H29N5O.HI/c1-17-15-18(2)28(27-17)22-8-6-5-7-20(22)16-26-23(24-3)25-14-13-19-9-11-21(29-4)12-10-19;/h5-12,15H,13-14,16H2,1-4H3,(H2,24,25,26);1H. The summed E-state index contributed by atoms with van der Waals surface area (Å²) in [6, 6.07) is 18.5. The van der Waals surface area contributed by atoms with Crippen molar-refractivity contribution in [2.45, 2.75) is 26.8 Å². The summed E-state index contributed by atoms with van der Waals surface area (Å²) in [5, 5.41) is 11.4. The van der Waals surface area contributed by atoms with Crippen molar-refractivity contribution in [1.82, 2.24) is 20.4 Å². The van der Waals surface area contributed by atoms with Crippen LogP contribution in [0.2, 0.25) is 0 Å². The van der Waals surface area contributed by atoms with Gasteiger partial charge in [0.25, 0.3) is 0 Å². The van der Waals surface area contributed by atoms with E-state index in [4.69, 9.17) is 4.74 Å². The smallest absolute Gasteiger partial charge is 0.191 e. The molecule has 3 rings (SSSR count). The Morgan fingerprint density at radius 2 is 1.80 bits per heavy atom. The number of rotatable bonds is 7. The number of hydrogen-bond acceptors (Lipinski definition) is 3. The number of para-hydroxylation sites is 1. The summed E-state index contributed by atoms with van der Waals surface area (Å²) in [6.07, 6.45) is 0.910. The van der Waals surface area contributed by atoms with Crippen molar-refractivity contribution < 1.29 is 4.74 Å². The monoisotopic (exact) mass is 519 g/mol. The largest absolute Gasteiger partial charge is 0.497 e. The van der Waals surface area contributed by atoms with Crippen molar-refractivity contribution in [3.8, 4) is 11.4 Å². The Morgan fingerprint density at radius 3 is 2.43 bits per heavy atom. The van der Waals surface area contributed by atoms with Gasteiger partial charge in [0, 0.05) is 25.8 Å². The van der Waals surface area contributed by atoms with Gasteiger partial charge < -0.3 is 15.4 Å². The zero-order valence-corrected chi connectivity index (χ0v) is 20.3. The number of methoxy groups -OCH3 is 1. The van der Waals surface area contributed by atoms with Gasteiger partial charge in [-0.05, 0) is 55.7 Å². The minimum Gasteiger partial charge on any atom is -0.497 e. The van der Waals surface area contributed by atoms with E-state index in [1.165, 1.54) is 5.56 Å². The number of nitrogens with one attached hydrogen (secondary N) is 2. The average molecular weight is 519 g/mol. The molecule has 0 bridgehead atoms. The molecule has 0 atom stereocenters. The molecule has 0 aliphatic heterocycles. The SMILES string of the molecule is CN=C(NCCc1ccc(OC)cc1)NCc1ccccc1-n1nc(C)cc1C.I. The third kappa shape index (κ3) is 6.22. The van der Waals surface area contributed by atoms with Gasteiger partial charge in [-0.2, -0.15) is 5.10 Å². The number of guanidine groups is 1. The predicted octanol–water partition coefficient (Wildman–Crippen LogP) is 4.02. The van der Waals surface area contributed by atoms with Crippen molar-refractivity contribution in [1.29, 1.82) is 0 Å². The number of aryl methyl sites for hydroxylation is 2. The highest BCUT2D eigenvalue weighted by molar-refractivity contribution is 14.0. The molecule has 3 aromatic rings. The van der Waals surface area contributed by atoms with E-state index in [9.17, 15) is 0 Å². The van der Waals surface area contributed by atoms with E-state index in [0.717, 1.165) is 47.3 Å². The molecule has 160 valence electrons. The van der Waals surface area contributed by atoms with Crippen LogP contribution < -0.4 is 15.4 Å². The number of halogens is 1. The second-order valence-electron chi connectivity index (χ2n) is 6.92. The van der Waals surface area contributed by atoms with Crippen LogP contribution in [0.4, 0.5) is 0 Å². The zero-order valence-electron chi connectivity index (χ0n) is 18.0. The second kappa shape index (κ2) is 11.6. The molecule has 6 nitrogen and oxygen atoms in total. The summed E-state index contributed by atoms with van der Waals surface area (Å²) >= 11 is 0. The number of ether oxygens (including phenoxy) is 1. The zero-order chi connectivity index (χ0) is 20.6. The first-order valence-corrected chi connectivity index (χ1v) is 9.79. The van der Waals surface area contributed by atoms with Crippen LogP contribution in [-0.4, -0.2) is 36.4 Å². The first kappa shape index (κ1) is 23.7. The average Bonchev–Trinajstić information content (AvgIpc) is 3.09. The topological polar surface area (TPSA) is 63.5 Å². The summed E-state index contributed by atoms with van der Waals surface area (Å²) in [5.41, 5.74) is 5.64. The highest BCUT2D eigenvalue weighted by Crippen LogP contribution is 2.17. The molecule has 2 N–H and O–H groups in total. The number of hydrogen-bond donors (Lipinski definition) is 2. The highest BCUT2D eigenvalue weighted by atomic mass is 127. The Kier molecular flexibility index (Phi) is 9.16. The molecule has 0 spiro atoms. The summed E-state index contributed by atoms with van der Waals surface area (Å²) in [4.78, 5) is 4.34. The van der Waals surface area contributed by atoms with E-state index in [1.807, 2.05) is 35.9 Å². The Bertz CT molecular complexity index is 966. The van der Waals surface area contributed by atoms with Gasteiger partial charge >= 0.3 is 0 Å². The van der Waals surface area contributed by atoms with Crippen LogP contribution >= 0.6 is 24.0 Å². The van der Waals surface area contributed by atoms with Crippen LogP contribution in [0.25, 0.3) is 5.69 Å². The summed E-state index contributed by atoms with van der Waals surface area (Å²) in [7, 11) is 3.47. The minimum atomic E-state index is 0. The Morgan fingerprint density at radius 1 is 1.07 bits per heavy atom. The molecule has 0 unspecified atom stereocenters. The number of nitrogens with zero attached hydrogens (tertiary/aromatic N) is 3. The van der Waals surface area contributed by atoms with Gasteiger partial charge in [-0.25, -0.2) is 4.68 Å². The molecule has 0 aliphatic carbocycles. The fourth-order valence-corrected chi connectivity index (χ4v) is 3.26. The lowest BCUT2D eigenvalue weighted by Gasteiger charge is -2.15. The molecular weight excluding hydrogens is 489 g/mol. The third-order valence-electron chi connectivity index (χ3n) is 4.76. The molecule has 1 heterocycles. The van der Waals surface area contributed by atoms with Gasteiger partial charge in [-0.3, -0.25) is 4.99 Å². The summed E-state index contributed by atoms with van der Waals surface area (Å²) < 4.78 is 7.19.